The molecule has 1 aliphatic heterocycles. The second-order valence-electron chi connectivity index (χ2n) is 5.09. The largest absolute Gasteiger partial charge is 0.494 e. The van der Waals surface area contributed by atoms with Crippen LogP contribution in [0.15, 0.2) is 42.0 Å². The van der Waals surface area contributed by atoms with Crippen LogP contribution in [0.3, 0.4) is 0 Å². The highest BCUT2D eigenvalue weighted by Crippen LogP contribution is 2.34. The molecular weight excluding hydrogens is 327 g/mol. The summed E-state index contributed by atoms with van der Waals surface area (Å²) >= 11 is 0. The molecule has 1 heterocycles. The maximum atomic E-state index is 13.7. The van der Waals surface area contributed by atoms with Gasteiger partial charge in [0.15, 0.2) is 23.1 Å². The molecule has 0 saturated heterocycles. The third-order valence-corrected chi connectivity index (χ3v) is 3.48. The molecule has 1 N–H and O–H groups in total. The van der Waals surface area contributed by atoms with E-state index in [-0.39, 0.29) is 18.1 Å². The summed E-state index contributed by atoms with van der Waals surface area (Å²) in [5.74, 6) is -0.0111. The summed E-state index contributed by atoms with van der Waals surface area (Å²) in [5, 5.41) is 11.8. The zero-order valence-electron chi connectivity index (χ0n) is 13.2. The van der Waals surface area contributed by atoms with E-state index in [1.54, 1.807) is 24.3 Å². The van der Waals surface area contributed by atoms with Gasteiger partial charge in [0, 0.05) is 11.8 Å². The van der Waals surface area contributed by atoms with E-state index in [4.69, 9.17) is 14.2 Å². The van der Waals surface area contributed by atoms with E-state index in [0.717, 1.165) is 0 Å². The molecule has 0 spiro atoms. The Morgan fingerprint density at radius 3 is 2.80 bits per heavy atom. The van der Waals surface area contributed by atoms with Crippen LogP contribution < -0.4 is 19.5 Å². The van der Waals surface area contributed by atoms with Crippen LogP contribution in [-0.4, -0.2) is 19.8 Å². The van der Waals surface area contributed by atoms with Gasteiger partial charge in [0.25, 0.3) is 5.91 Å². The topological polar surface area (TPSA) is 80.6 Å². The van der Waals surface area contributed by atoms with Crippen molar-refractivity contribution in [3.63, 3.8) is 0 Å². The average molecular weight is 340 g/mol. The lowest BCUT2D eigenvalue weighted by molar-refractivity contribution is -0.112. The summed E-state index contributed by atoms with van der Waals surface area (Å²) < 4.78 is 29.0. The molecule has 2 aromatic carbocycles. The van der Waals surface area contributed by atoms with Gasteiger partial charge in [-0.15, -0.1) is 0 Å². The van der Waals surface area contributed by atoms with Crippen molar-refractivity contribution in [3.05, 3.63) is 53.4 Å². The fourth-order valence-electron chi connectivity index (χ4n) is 2.26. The zero-order valence-corrected chi connectivity index (χ0v) is 13.2. The molecule has 126 valence electrons. The van der Waals surface area contributed by atoms with E-state index < -0.39 is 11.7 Å². The molecule has 0 saturated carbocycles. The molecule has 0 unspecified atom stereocenters. The molecule has 25 heavy (non-hydrogen) atoms. The lowest BCUT2D eigenvalue weighted by atomic mass is 10.1. The molecule has 6 nitrogen and oxygen atoms in total. The highest BCUT2D eigenvalue weighted by Gasteiger charge is 2.16. The summed E-state index contributed by atoms with van der Waals surface area (Å²) in [5.41, 5.74) is 0.661. The average Bonchev–Trinajstić information content (AvgIpc) is 3.07. The van der Waals surface area contributed by atoms with Crippen molar-refractivity contribution in [2.24, 2.45) is 0 Å². The molecule has 1 aliphatic rings. The molecule has 0 aliphatic carbocycles. The van der Waals surface area contributed by atoms with Gasteiger partial charge in [0.2, 0.25) is 6.79 Å². The summed E-state index contributed by atoms with van der Waals surface area (Å²) in [6.45, 7) is 0.124. The Morgan fingerprint density at radius 2 is 2.08 bits per heavy atom. The number of ether oxygens (including phenoxy) is 3. The number of fused-ring (bicyclic) bond motifs is 1. The minimum Gasteiger partial charge on any atom is -0.494 e. The highest BCUT2D eigenvalue weighted by atomic mass is 19.1. The first-order valence-corrected chi connectivity index (χ1v) is 7.27. The quantitative estimate of drug-likeness (QED) is 0.683. The number of halogens is 1. The Morgan fingerprint density at radius 1 is 1.28 bits per heavy atom. The number of carbonyl (C=O) groups is 1. The minimum absolute atomic E-state index is 0.0838. The number of benzene rings is 2. The van der Waals surface area contributed by atoms with Gasteiger partial charge >= 0.3 is 0 Å². The number of nitrogens with one attached hydrogen (secondary N) is 1. The normalized spacial score (nSPS) is 12.4. The molecule has 7 heteroatoms. The van der Waals surface area contributed by atoms with Crippen molar-refractivity contribution in [2.45, 2.75) is 0 Å². The third-order valence-electron chi connectivity index (χ3n) is 3.48. The lowest BCUT2D eigenvalue weighted by Gasteiger charge is -2.06. The second kappa shape index (κ2) is 6.93. The molecular formula is C18H13FN2O4. The zero-order chi connectivity index (χ0) is 17.8. The molecule has 1 amide bonds. The Kier molecular flexibility index (Phi) is 4.53. The summed E-state index contributed by atoms with van der Waals surface area (Å²) in [7, 11) is 1.35. The van der Waals surface area contributed by atoms with Gasteiger partial charge in [-0.1, -0.05) is 6.07 Å². The third kappa shape index (κ3) is 3.53. The Labute approximate surface area is 143 Å². The predicted molar refractivity (Wildman–Crippen MR) is 87.7 cm³/mol. The Hall–Kier alpha value is -3.53. The van der Waals surface area contributed by atoms with E-state index >= 15 is 0 Å². The van der Waals surface area contributed by atoms with Crippen LogP contribution >= 0.6 is 0 Å². The first-order chi connectivity index (χ1) is 12.1. The van der Waals surface area contributed by atoms with Crippen molar-refractivity contribution in [1.82, 2.24) is 0 Å². The maximum Gasteiger partial charge on any atom is 0.266 e. The number of hydrogen-bond acceptors (Lipinski definition) is 5. The molecule has 3 rings (SSSR count). The van der Waals surface area contributed by atoms with Crippen LogP contribution in [0, 0.1) is 17.1 Å². The Bertz CT molecular complexity index is 902. The van der Waals surface area contributed by atoms with Gasteiger partial charge in [0.1, 0.15) is 11.6 Å². The van der Waals surface area contributed by atoms with Crippen LogP contribution in [0.4, 0.5) is 10.1 Å². The first-order valence-electron chi connectivity index (χ1n) is 7.27. The van der Waals surface area contributed by atoms with E-state index in [9.17, 15) is 14.4 Å². The van der Waals surface area contributed by atoms with Crippen molar-refractivity contribution in [1.29, 1.82) is 5.26 Å². The standard InChI is InChI=1S/C18H13FN2O4/c1-23-15-4-2-11(7-14(15)19)6-12(9-20)18(22)21-13-3-5-16-17(8-13)25-10-24-16/h2-8H,10H2,1H3,(H,21,22)/b12-6+. The number of methoxy groups -OCH3 is 1. The van der Waals surface area contributed by atoms with Crippen LogP contribution in [0.5, 0.6) is 17.2 Å². The van der Waals surface area contributed by atoms with Crippen molar-refractivity contribution >= 4 is 17.7 Å². The molecule has 0 aromatic heterocycles. The second-order valence-corrected chi connectivity index (χ2v) is 5.09. The minimum atomic E-state index is -0.613. The summed E-state index contributed by atoms with van der Waals surface area (Å²) in [6.07, 6.45) is 1.30. The molecule has 0 atom stereocenters. The van der Waals surface area contributed by atoms with Crippen molar-refractivity contribution in [2.75, 3.05) is 19.2 Å². The van der Waals surface area contributed by atoms with Crippen molar-refractivity contribution in [3.8, 4) is 23.3 Å². The van der Waals surface area contributed by atoms with Crippen LogP contribution in [0.2, 0.25) is 0 Å². The van der Waals surface area contributed by atoms with Crippen LogP contribution in [0.1, 0.15) is 5.56 Å². The maximum absolute atomic E-state index is 13.7. The van der Waals surface area contributed by atoms with E-state index in [0.29, 0.717) is 22.7 Å². The van der Waals surface area contributed by atoms with Gasteiger partial charge in [-0.3, -0.25) is 4.79 Å². The van der Waals surface area contributed by atoms with Gasteiger partial charge < -0.3 is 19.5 Å². The predicted octanol–water partition coefficient (Wildman–Crippen LogP) is 3.11. The number of rotatable bonds is 4. The molecule has 0 bridgehead atoms. The number of hydrogen-bond donors (Lipinski definition) is 1. The molecule has 2 aromatic rings. The van der Waals surface area contributed by atoms with Gasteiger partial charge in [-0.25, -0.2) is 4.39 Å². The summed E-state index contributed by atoms with van der Waals surface area (Å²) in [6, 6.07) is 10.9. The SMILES string of the molecule is COc1ccc(/C=C(\C#N)C(=O)Nc2ccc3c(c2)OCO3)cc1F. The first kappa shape index (κ1) is 16.3. The van der Waals surface area contributed by atoms with Crippen molar-refractivity contribution < 1.29 is 23.4 Å². The fourth-order valence-corrected chi connectivity index (χ4v) is 2.26. The number of nitrogens with zero attached hydrogens (tertiary/aromatic N) is 1. The number of carbonyl (C=O) groups excluding carboxylic acids is 1. The van der Waals surface area contributed by atoms with Gasteiger partial charge in [-0.05, 0) is 35.9 Å². The number of anilines is 1. The van der Waals surface area contributed by atoms with Gasteiger partial charge in [0.05, 0.1) is 7.11 Å². The molecule has 0 radical (unpaired) electrons. The highest BCUT2D eigenvalue weighted by molar-refractivity contribution is 6.09. The lowest BCUT2D eigenvalue weighted by Crippen LogP contribution is -2.13. The Balaban J connectivity index is 1.79. The van der Waals surface area contributed by atoms with E-state index in [1.165, 1.54) is 25.3 Å². The van der Waals surface area contributed by atoms with E-state index in [1.807, 2.05) is 6.07 Å². The molecule has 0 fully saturated rings. The summed E-state index contributed by atoms with van der Waals surface area (Å²) in [4.78, 5) is 12.3. The monoisotopic (exact) mass is 340 g/mol. The fraction of sp³-hybridized carbons (Fsp3) is 0.111. The number of nitriles is 1. The number of amides is 1. The van der Waals surface area contributed by atoms with E-state index in [2.05, 4.69) is 5.32 Å². The van der Waals surface area contributed by atoms with Gasteiger partial charge in [-0.2, -0.15) is 5.26 Å². The van der Waals surface area contributed by atoms with Crippen LogP contribution in [-0.2, 0) is 4.79 Å². The smallest absolute Gasteiger partial charge is 0.266 e. The van der Waals surface area contributed by atoms with Crippen LogP contribution in [0.25, 0.3) is 6.08 Å².